The van der Waals surface area contributed by atoms with Crippen molar-refractivity contribution in [3.8, 4) is 0 Å². The first-order valence-electron chi connectivity index (χ1n) is 10.1. The van der Waals surface area contributed by atoms with Crippen molar-refractivity contribution in [3.63, 3.8) is 0 Å². The van der Waals surface area contributed by atoms with Crippen molar-refractivity contribution in [1.29, 1.82) is 0 Å². The highest BCUT2D eigenvalue weighted by atomic mass is 32.2. The zero-order valence-electron chi connectivity index (χ0n) is 16.9. The molecular weight excluding hydrogens is 386 g/mol. The third-order valence-electron chi connectivity index (χ3n) is 5.52. The Morgan fingerprint density at radius 2 is 1.66 bits per heavy atom. The lowest BCUT2D eigenvalue weighted by Crippen LogP contribution is -2.48. The molecule has 1 saturated heterocycles. The van der Waals surface area contributed by atoms with Crippen LogP contribution in [-0.2, 0) is 19.0 Å². The second-order valence-corrected chi connectivity index (χ2v) is 8.69. The molecule has 0 N–H and O–H groups in total. The lowest BCUT2D eigenvalue weighted by Gasteiger charge is -2.35. The van der Waals surface area contributed by atoms with Crippen LogP contribution in [-0.4, -0.2) is 38.6 Å². The molecule has 2 aromatic carbocycles. The first kappa shape index (κ1) is 20.3. The van der Waals surface area contributed by atoms with Gasteiger partial charge in [0.1, 0.15) is 0 Å². The van der Waals surface area contributed by atoms with Gasteiger partial charge in [-0.2, -0.15) is 0 Å². The quantitative estimate of drug-likeness (QED) is 0.490. The van der Waals surface area contributed by atoms with Gasteiger partial charge in [0, 0.05) is 29.2 Å². The van der Waals surface area contributed by atoms with E-state index in [4.69, 9.17) is 14.2 Å². The molecule has 4 rings (SSSR count). The van der Waals surface area contributed by atoms with Gasteiger partial charge in [-0.05, 0) is 37.1 Å². The van der Waals surface area contributed by atoms with Crippen molar-refractivity contribution in [2.45, 2.75) is 41.8 Å². The number of unbranched alkanes of at least 4 members (excludes halogenated alkanes) is 1. The average Bonchev–Trinajstić information content (AvgIpc) is 2.76. The summed E-state index contributed by atoms with van der Waals surface area (Å²) in [6, 6.07) is 17.2. The molecule has 2 aliphatic heterocycles. The van der Waals surface area contributed by atoms with Crippen LogP contribution >= 0.6 is 11.8 Å². The molecule has 2 heterocycles. The van der Waals surface area contributed by atoms with Crippen LogP contribution in [0.25, 0.3) is 0 Å². The first-order valence-corrected chi connectivity index (χ1v) is 10.9. The number of fused-ring (bicyclic) bond motifs is 2. The molecule has 0 aliphatic carbocycles. The number of rotatable bonds is 6. The molecule has 1 fully saturated rings. The number of hydrogen-bond acceptors (Lipinski definition) is 6. The Labute approximate surface area is 176 Å². The molecule has 29 heavy (non-hydrogen) atoms. The molecule has 0 radical (unpaired) electrons. The molecular formula is C23H27NO4S. The standard InChI is InChI=1S/C23H27NO4S/c1-23(22(25)26-2)27-15-17(16-28-23)9-7-8-14-24-18-10-3-5-12-20(18)29-21-13-6-4-11-19(21)24/h3-6,10-13,17H,7-9,14-16H2,1-2H3. The summed E-state index contributed by atoms with van der Waals surface area (Å²) in [7, 11) is 1.35. The Kier molecular flexibility index (Phi) is 6.13. The zero-order chi connectivity index (χ0) is 20.3. The number of para-hydroxylation sites is 2. The van der Waals surface area contributed by atoms with Gasteiger partial charge in [0.2, 0.25) is 0 Å². The number of hydrogen-bond donors (Lipinski definition) is 0. The molecule has 154 valence electrons. The molecule has 2 aromatic rings. The molecule has 2 aliphatic rings. The molecule has 0 amide bonds. The molecule has 0 bridgehead atoms. The predicted molar refractivity (Wildman–Crippen MR) is 114 cm³/mol. The van der Waals surface area contributed by atoms with Crippen LogP contribution in [0.1, 0.15) is 26.2 Å². The van der Waals surface area contributed by atoms with E-state index in [1.54, 1.807) is 6.92 Å². The summed E-state index contributed by atoms with van der Waals surface area (Å²) in [5.41, 5.74) is 2.57. The molecule has 0 atom stereocenters. The summed E-state index contributed by atoms with van der Waals surface area (Å²) in [5, 5.41) is 0. The van der Waals surface area contributed by atoms with Gasteiger partial charge in [-0.1, -0.05) is 42.4 Å². The SMILES string of the molecule is COC(=O)C1(C)OCC(CCCCN2c3ccccc3Sc3ccccc32)CO1. The Hall–Kier alpha value is -2.02. The Morgan fingerprint density at radius 3 is 2.24 bits per heavy atom. The fourth-order valence-electron chi connectivity index (χ4n) is 3.84. The third-order valence-corrected chi connectivity index (χ3v) is 6.65. The van der Waals surface area contributed by atoms with E-state index < -0.39 is 11.8 Å². The number of benzene rings is 2. The van der Waals surface area contributed by atoms with Crippen LogP contribution in [0.15, 0.2) is 58.3 Å². The summed E-state index contributed by atoms with van der Waals surface area (Å²) >= 11 is 1.84. The lowest BCUT2D eigenvalue weighted by molar-refractivity contribution is -0.272. The van der Waals surface area contributed by atoms with Gasteiger partial charge in [0.15, 0.2) is 0 Å². The zero-order valence-corrected chi connectivity index (χ0v) is 17.7. The van der Waals surface area contributed by atoms with Crippen LogP contribution < -0.4 is 4.90 Å². The van der Waals surface area contributed by atoms with E-state index in [-0.39, 0.29) is 0 Å². The van der Waals surface area contributed by atoms with Crippen LogP contribution in [0.5, 0.6) is 0 Å². The topological polar surface area (TPSA) is 48.0 Å². The van der Waals surface area contributed by atoms with Crippen molar-refractivity contribution in [2.75, 3.05) is 31.8 Å². The molecule has 6 heteroatoms. The number of methoxy groups -OCH3 is 1. The fraction of sp³-hybridized carbons (Fsp3) is 0.435. The second-order valence-electron chi connectivity index (χ2n) is 7.61. The van der Waals surface area contributed by atoms with Crippen molar-refractivity contribution in [3.05, 3.63) is 48.5 Å². The maximum atomic E-state index is 11.8. The number of anilines is 2. The van der Waals surface area contributed by atoms with E-state index in [2.05, 4.69) is 53.4 Å². The average molecular weight is 414 g/mol. The Morgan fingerprint density at radius 1 is 1.07 bits per heavy atom. The van der Waals surface area contributed by atoms with Gasteiger partial charge in [-0.3, -0.25) is 0 Å². The van der Waals surface area contributed by atoms with Gasteiger partial charge in [-0.15, -0.1) is 0 Å². The van der Waals surface area contributed by atoms with Crippen LogP contribution in [0, 0.1) is 5.92 Å². The fourth-order valence-corrected chi connectivity index (χ4v) is 4.93. The monoisotopic (exact) mass is 413 g/mol. The number of carbonyl (C=O) groups excluding carboxylic acids is 1. The second kappa shape index (κ2) is 8.78. The van der Waals surface area contributed by atoms with Gasteiger partial charge < -0.3 is 19.1 Å². The molecule has 5 nitrogen and oxygen atoms in total. The summed E-state index contributed by atoms with van der Waals surface area (Å²) in [4.78, 5) is 16.8. The largest absolute Gasteiger partial charge is 0.465 e. The highest BCUT2D eigenvalue weighted by molar-refractivity contribution is 7.99. The highest BCUT2D eigenvalue weighted by Crippen LogP contribution is 2.47. The number of ether oxygens (including phenoxy) is 3. The summed E-state index contributed by atoms with van der Waals surface area (Å²) in [6.07, 6.45) is 3.18. The normalized spacial score (nSPS) is 23.2. The summed E-state index contributed by atoms with van der Waals surface area (Å²) < 4.78 is 16.1. The van der Waals surface area contributed by atoms with Gasteiger partial charge in [0.05, 0.1) is 31.7 Å². The Balaban J connectivity index is 1.31. The maximum Gasteiger partial charge on any atom is 0.366 e. The Bertz CT molecular complexity index is 818. The molecule has 0 aromatic heterocycles. The van der Waals surface area contributed by atoms with Crippen LogP contribution in [0.4, 0.5) is 11.4 Å². The van der Waals surface area contributed by atoms with Crippen molar-refractivity contribution in [2.24, 2.45) is 5.92 Å². The third kappa shape index (κ3) is 4.29. The molecule has 0 unspecified atom stereocenters. The van der Waals surface area contributed by atoms with E-state index >= 15 is 0 Å². The van der Waals surface area contributed by atoms with Crippen LogP contribution in [0.2, 0.25) is 0 Å². The van der Waals surface area contributed by atoms with Crippen molar-refractivity contribution >= 4 is 29.1 Å². The van der Waals surface area contributed by atoms with E-state index in [1.807, 2.05) is 11.8 Å². The van der Waals surface area contributed by atoms with Gasteiger partial charge in [-0.25, -0.2) is 4.79 Å². The highest BCUT2D eigenvalue weighted by Gasteiger charge is 2.41. The van der Waals surface area contributed by atoms with E-state index in [9.17, 15) is 4.79 Å². The van der Waals surface area contributed by atoms with Gasteiger partial charge >= 0.3 is 5.97 Å². The minimum Gasteiger partial charge on any atom is -0.465 e. The maximum absolute atomic E-state index is 11.8. The number of esters is 1. The minimum absolute atomic E-state index is 0.309. The lowest BCUT2D eigenvalue weighted by atomic mass is 10.0. The molecule has 0 spiro atoms. The molecule has 0 saturated carbocycles. The number of nitrogens with zero attached hydrogens (tertiary/aromatic N) is 1. The van der Waals surface area contributed by atoms with Crippen molar-refractivity contribution < 1.29 is 19.0 Å². The summed E-state index contributed by atoms with van der Waals surface area (Å²) in [6.45, 7) is 3.65. The minimum atomic E-state index is -1.26. The predicted octanol–water partition coefficient (Wildman–Crippen LogP) is 5.01. The first-order chi connectivity index (χ1) is 14.1. The summed E-state index contributed by atoms with van der Waals surface area (Å²) in [5.74, 6) is -1.43. The van der Waals surface area contributed by atoms with E-state index in [0.29, 0.717) is 19.1 Å². The number of carbonyl (C=O) groups is 1. The van der Waals surface area contributed by atoms with Gasteiger partial charge in [0.25, 0.3) is 5.79 Å². The van der Waals surface area contributed by atoms with E-state index in [0.717, 1.165) is 25.8 Å². The van der Waals surface area contributed by atoms with Crippen LogP contribution in [0.3, 0.4) is 0 Å². The van der Waals surface area contributed by atoms with E-state index in [1.165, 1.54) is 28.3 Å². The van der Waals surface area contributed by atoms with Crippen molar-refractivity contribution in [1.82, 2.24) is 0 Å². The smallest absolute Gasteiger partial charge is 0.366 e.